The number of thiophene rings is 1. The zero-order chi connectivity index (χ0) is 16.8. The lowest BCUT2D eigenvalue weighted by Gasteiger charge is -1.99. The Bertz CT molecular complexity index is 1050. The minimum Gasteiger partial charge on any atom is -0.397 e. The molecule has 0 atom stereocenters. The van der Waals surface area contributed by atoms with Crippen LogP contribution in [-0.2, 0) is 0 Å². The highest BCUT2D eigenvalue weighted by atomic mass is 32.1. The van der Waals surface area contributed by atoms with Crippen LogP contribution in [0.25, 0.3) is 32.4 Å². The molecule has 24 heavy (non-hydrogen) atoms. The molecule has 2 N–H and O–H groups in total. The zero-order valence-corrected chi connectivity index (χ0v) is 13.8. The molecule has 7 heteroatoms. The molecule has 3 heterocycles. The molecule has 0 amide bonds. The molecule has 0 saturated carbocycles. The lowest BCUT2D eigenvalue weighted by Crippen LogP contribution is -1.90. The predicted octanol–water partition coefficient (Wildman–Crippen LogP) is 4.35. The Hall–Kier alpha value is -2.80. The number of nitrogens with two attached hydrogens (primary N) is 1. The molecular formula is C17H13FN4OS. The number of hydrogen-bond donors (Lipinski definition) is 1. The summed E-state index contributed by atoms with van der Waals surface area (Å²) in [5.74, 6) is 0.416. The van der Waals surface area contributed by atoms with E-state index in [-0.39, 0.29) is 5.82 Å². The van der Waals surface area contributed by atoms with E-state index in [9.17, 15) is 4.39 Å². The van der Waals surface area contributed by atoms with Gasteiger partial charge < -0.3 is 10.3 Å². The number of rotatable bonds is 2. The molecule has 0 aliphatic rings. The third kappa shape index (κ3) is 2.33. The zero-order valence-electron chi connectivity index (χ0n) is 13.0. The summed E-state index contributed by atoms with van der Waals surface area (Å²) in [4.78, 5) is 10.5. The van der Waals surface area contributed by atoms with Gasteiger partial charge in [-0.05, 0) is 49.7 Å². The average Bonchev–Trinajstić information content (AvgIpc) is 3.13. The summed E-state index contributed by atoms with van der Waals surface area (Å²) in [6, 6.07) is 7.88. The van der Waals surface area contributed by atoms with Gasteiger partial charge in [-0.1, -0.05) is 5.16 Å². The van der Waals surface area contributed by atoms with E-state index in [1.165, 1.54) is 23.5 Å². The number of halogens is 1. The molecule has 0 bridgehead atoms. The first-order valence-electron chi connectivity index (χ1n) is 7.29. The lowest BCUT2D eigenvalue weighted by atomic mass is 10.1. The van der Waals surface area contributed by atoms with Crippen molar-refractivity contribution in [3.63, 3.8) is 0 Å². The molecule has 4 rings (SSSR count). The fourth-order valence-corrected chi connectivity index (χ4v) is 3.80. The second-order valence-corrected chi connectivity index (χ2v) is 6.53. The third-order valence-corrected chi connectivity index (χ3v) is 4.84. The van der Waals surface area contributed by atoms with E-state index >= 15 is 0 Å². The highest BCUT2D eigenvalue weighted by molar-refractivity contribution is 7.22. The van der Waals surface area contributed by atoms with Gasteiger partial charge in [0.2, 0.25) is 5.82 Å². The molecule has 0 unspecified atom stereocenters. The summed E-state index contributed by atoms with van der Waals surface area (Å²) in [5.41, 5.74) is 9.55. The SMILES string of the molecule is Cc1cc(C)c2c(N)c(-c3noc(-c4ccc(F)cc4)n3)sc2n1. The Balaban J connectivity index is 1.82. The van der Waals surface area contributed by atoms with Gasteiger partial charge in [0.1, 0.15) is 15.5 Å². The second-order valence-electron chi connectivity index (χ2n) is 5.54. The Morgan fingerprint density at radius 1 is 1.12 bits per heavy atom. The van der Waals surface area contributed by atoms with Crippen LogP contribution >= 0.6 is 11.3 Å². The van der Waals surface area contributed by atoms with Crippen LogP contribution in [0.1, 0.15) is 11.3 Å². The van der Waals surface area contributed by atoms with Crippen molar-refractivity contribution < 1.29 is 8.91 Å². The third-order valence-electron chi connectivity index (χ3n) is 3.74. The topological polar surface area (TPSA) is 77.8 Å². The highest BCUT2D eigenvalue weighted by Gasteiger charge is 2.19. The Morgan fingerprint density at radius 2 is 1.88 bits per heavy atom. The van der Waals surface area contributed by atoms with Crippen LogP contribution in [-0.4, -0.2) is 15.1 Å². The summed E-state index contributed by atoms with van der Waals surface area (Å²) < 4.78 is 18.3. The number of nitrogens with zero attached hydrogens (tertiary/aromatic N) is 3. The van der Waals surface area contributed by atoms with Gasteiger partial charge in [-0.3, -0.25) is 0 Å². The number of aryl methyl sites for hydroxylation is 2. The van der Waals surface area contributed by atoms with Crippen molar-refractivity contribution in [2.45, 2.75) is 13.8 Å². The van der Waals surface area contributed by atoms with Crippen molar-refractivity contribution in [3.05, 3.63) is 47.4 Å². The minimum absolute atomic E-state index is 0.316. The average molecular weight is 340 g/mol. The van der Waals surface area contributed by atoms with Gasteiger partial charge in [0, 0.05) is 16.6 Å². The van der Waals surface area contributed by atoms with E-state index in [4.69, 9.17) is 10.3 Å². The van der Waals surface area contributed by atoms with E-state index in [1.807, 2.05) is 19.9 Å². The van der Waals surface area contributed by atoms with Gasteiger partial charge in [-0.15, -0.1) is 11.3 Å². The maximum absolute atomic E-state index is 13.0. The molecule has 4 aromatic rings. The van der Waals surface area contributed by atoms with E-state index in [0.717, 1.165) is 26.4 Å². The monoisotopic (exact) mass is 340 g/mol. The largest absolute Gasteiger partial charge is 0.397 e. The molecule has 120 valence electrons. The molecule has 3 aromatic heterocycles. The van der Waals surface area contributed by atoms with Crippen molar-refractivity contribution in [3.8, 4) is 22.2 Å². The van der Waals surface area contributed by atoms with Crippen LogP contribution in [0.4, 0.5) is 10.1 Å². The van der Waals surface area contributed by atoms with Gasteiger partial charge in [-0.2, -0.15) is 4.98 Å². The van der Waals surface area contributed by atoms with Gasteiger partial charge in [0.15, 0.2) is 0 Å². The molecular weight excluding hydrogens is 327 g/mol. The van der Waals surface area contributed by atoms with Crippen LogP contribution in [0.2, 0.25) is 0 Å². The number of anilines is 1. The summed E-state index contributed by atoms with van der Waals surface area (Å²) >= 11 is 1.44. The van der Waals surface area contributed by atoms with Gasteiger partial charge >= 0.3 is 0 Å². The normalized spacial score (nSPS) is 11.3. The fourth-order valence-electron chi connectivity index (χ4n) is 2.66. The van der Waals surface area contributed by atoms with E-state index in [0.29, 0.717) is 23.0 Å². The number of nitrogen functional groups attached to an aromatic ring is 1. The van der Waals surface area contributed by atoms with Crippen LogP contribution < -0.4 is 5.73 Å². The van der Waals surface area contributed by atoms with Crippen LogP contribution in [0.5, 0.6) is 0 Å². The summed E-state index contributed by atoms with van der Waals surface area (Å²) in [5, 5.41) is 4.94. The first-order chi connectivity index (χ1) is 11.5. The first kappa shape index (κ1) is 14.8. The highest BCUT2D eigenvalue weighted by Crippen LogP contribution is 2.40. The smallest absolute Gasteiger partial charge is 0.258 e. The summed E-state index contributed by atoms with van der Waals surface area (Å²) in [6.07, 6.45) is 0. The van der Waals surface area contributed by atoms with Crippen molar-refractivity contribution in [1.29, 1.82) is 0 Å². The summed E-state index contributed by atoms with van der Waals surface area (Å²) in [6.45, 7) is 3.95. The quantitative estimate of drug-likeness (QED) is 0.587. The summed E-state index contributed by atoms with van der Waals surface area (Å²) in [7, 11) is 0. The number of pyridine rings is 1. The fraction of sp³-hybridized carbons (Fsp3) is 0.118. The number of fused-ring (bicyclic) bond motifs is 1. The van der Waals surface area contributed by atoms with Gasteiger partial charge in [0.25, 0.3) is 5.89 Å². The van der Waals surface area contributed by atoms with Crippen molar-refractivity contribution in [2.24, 2.45) is 0 Å². The number of hydrogen-bond acceptors (Lipinski definition) is 6. The maximum atomic E-state index is 13.0. The van der Waals surface area contributed by atoms with Crippen molar-refractivity contribution in [2.75, 3.05) is 5.73 Å². The van der Waals surface area contributed by atoms with Crippen LogP contribution in [0, 0.1) is 19.7 Å². The molecule has 5 nitrogen and oxygen atoms in total. The Labute approximate surface area is 141 Å². The maximum Gasteiger partial charge on any atom is 0.258 e. The molecule has 0 saturated heterocycles. The molecule has 1 aromatic carbocycles. The van der Waals surface area contributed by atoms with E-state index in [2.05, 4.69) is 15.1 Å². The molecule has 0 aliphatic heterocycles. The molecule has 0 aliphatic carbocycles. The minimum atomic E-state index is -0.316. The Morgan fingerprint density at radius 3 is 2.62 bits per heavy atom. The molecule has 0 radical (unpaired) electrons. The van der Waals surface area contributed by atoms with Gasteiger partial charge in [0.05, 0.1) is 5.69 Å². The number of benzene rings is 1. The molecule has 0 spiro atoms. The van der Waals surface area contributed by atoms with Crippen LogP contribution in [0.15, 0.2) is 34.9 Å². The van der Waals surface area contributed by atoms with E-state index in [1.54, 1.807) is 12.1 Å². The lowest BCUT2D eigenvalue weighted by molar-refractivity contribution is 0.432. The molecule has 0 fully saturated rings. The van der Waals surface area contributed by atoms with Crippen LogP contribution in [0.3, 0.4) is 0 Å². The standard InChI is InChI=1S/C17H13FN4OS/c1-8-7-9(2)20-17-12(8)13(19)14(24-17)15-21-16(23-22-15)10-3-5-11(18)6-4-10/h3-7H,19H2,1-2H3. The van der Waals surface area contributed by atoms with Crippen molar-refractivity contribution >= 4 is 27.2 Å². The first-order valence-corrected chi connectivity index (χ1v) is 8.11. The predicted molar refractivity (Wildman–Crippen MR) is 92.2 cm³/mol. The second kappa shape index (κ2) is 5.38. The van der Waals surface area contributed by atoms with Crippen molar-refractivity contribution in [1.82, 2.24) is 15.1 Å². The van der Waals surface area contributed by atoms with E-state index < -0.39 is 0 Å². The number of aromatic nitrogens is 3. The Kier molecular flexibility index (Phi) is 3.31. The van der Waals surface area contributed by atoms with Gasteiger partial charge in [-0.25, -0.2) is 9.37 Å².